The van der Waals surface area contributed by atoms with E-state index in [0.29, 0.717) is 19.0 Å². The lowest BCUT2D eigenvalue weighted by Crippen LogP contribution is -2.35. The van der Waals surface area contributed by atoms with Crippen molar-refractivity contribution in [3.63, 3.8) is 0 Å². The van der Waals surface area contributed by atoms with E-state index in [0.717, 1.165) is 5.56 Å². The molecule has 1 aliphatic carbocycles. The Hall–Kier alpha value is -1.35. The first-order valence-electron chi connectivity index (χ1n) is 6.76. The van der Waals surface area contributed by atoms with Gasteiger partial charge >= 0.3 is 5.97 Å². The molecular weight excluding hydrogens is 226 g/mol. The van der Waals surface area contributed by atoms with Gasteiger partial charge in [0.15, 0.2) is 0 Å². The lowest BCUT2D eigenvalue weighted by molar-refractivity contribution is -0.141. The molecule has 3 nitrogen and oxygen atoms in total. The number of carboxylic acids is 1. The van der Waals surface area contributed by atoms with Crippen LogP contribution in [0.1, 0.15) is 31.2 Å². The minimum Gasteiger partial charge on any atom is -0.481 e. The van der Waals surface area contributed by atoms with Crippen LogP contribution in [0.2, 0.25) is 0 Å². The molecule has 0 spiro atoms. The molecule has 18 heavy (non-hydrogen) atoms. The van der Waals surface area contributed by atoms with Crippen molar-refractivity contribution in [2.45, 2.75) is 38.1 Å². The molecule has 3 heteroatoms. The van der Waals surface area contributed by atoms with Crippen molar-refractivity contribution in [3.8, 4) is 0 Å². The van der Waals surface area contributed by atoms with E-state index in [9.17, 15) is 9.90 Å². The maximum Gasteiger partial charge on any atom is 0.308 e. The summed E-state index contributed by atoms with van der Waals surface area (Å²) < 4.78 is 0. The van der Waals surface area contributed by atoms with Crippen LogP contribution >= 0.6 is 0 Å². The highest BCUT2D eigenvalue weighted by molar-refractivity contribution is 5.70. The SMILES string of the molecule is O=C(O)C(CNC1CCCC1)Cc1ccccc1. The highest BCUT2D eigenvalue weighted by Crippen LogP contribution is 2.18. The van der Waals surface area contributed by atoms with Crippen molar-refractivity contribution in [2.24, 2.45) is 5.92 Å². The predicted molar refractivity (Wildman–Crippen MR) is 71.5 cm³/mol. The molecule has 1 aliphatic rings. The molecular formula is C15H21NO2. The molecule has 0 heterocycles. The first kappa shape index (κ1) is 13.1. The van der Waals surface area contributed by atoms with E-state index >= 15 is 0 Å². The van der Waals surface area contributed by atoms with Gasteiger partial charge in [0, 0.05) is 12.6 Å². The number of hydrogen-bond acceptors (Lipinski definition) is 2. The molecule has 0 bridgehead atoms. The number of rotatable bonds is 6. The molecule has 1 fully saturated rings. The summed E-state index contributed by atoms with van der Waals surface area (Å²) in [6, 6.07) is 10.4. The maximum atomic E-state index is 11.3. The summed E-state index contributed by atoms with van der Waals surface area (Å²) in [5.74, 6) is -1.03. The highest BCUT2D eigenvalue weighted by atomic mass is 16.4. The van der Waals surface area contributed by atoms with Crippen LogP contribution in [0.3, 0.4) is 0 Å². The molecule has 1 aromatic rings. The Labute approximate surface area is 108 Å². The fourth-order valence-electron chi connectivity index (χ4n) is 2.58. The molecule has 0 aromatic heterocycles. The molecule has 2 rings (SSSR count). The molecule has 2 N–H and O–H groups in total. The van der Waals surface area contributed by atoms with Gasteiger partial charge in [-0.1, -0.05) is 43.2 Å². The maximum absolute atomic E-state index is 11.3. The fourth-order valence-corrected chi connectivity index (χ4v) is 2.58. The molecule has 1 saturated carbocycles. The Morgan fingerprint density at radius 1 is 1.28 bits per heavy atom. The lowest BCUT2D eigenvalue weighted by Gasteiger charge is -2.17. The van der Waals surface area contributed by atoms with Crippen LogP contribution in [0.4, 0.5) is 0 Å². The van der Waals surface area contributed by atoms with Crippen molar-refractivity contribution in [3.05, 3.63) is 35.9 Å². The largest absolute Gasteiger partial charge is 0.481 e. The Balaban J connectivity index is 1.85. The number of aliphatic carboxylic acids is 1. The van der Waals surface area contributed by atoms with Crippen molar-refractivity contribution >= 4 is 5.97 Å². The van der Waals surface area contributed by atoms with Gasteiger partial charge in [0.2, 0.25) is 0 Å². The van der Waals surface area contributed by atoms with Crippen LogP contribution in [0, 0.1) is 5.92 Å². The molecule has 98 valence electrons. The normalized spacial score (nSPS) is 17.8. The quantitative estimate of drug-likeness (QED) is 0.812. The summed E-state index contributed by atoms with van der Waals surface area (Å²) in [6.07, 6.45) is 5.54. The molecule has 1 unspecified atom stereocenters. The van der Waals surface area contributed by atoms with Crippen LogP contribution in [0.25, 0.3) is 0 Å². The second kappa shape index (κ2) is 6.55. The van der Waals surface area contributed by atoms with Gasteiger partial charge in [0.25, 0.3) is 0 Å². The van der Waals surface area contributed by atoms with Gasteiger partial charge in [0.05, 0.1) is 5.92 Å². The Morgan fingerprint density at radius 3 is 2.56 bits per heavy atom. The molecule has 1 atom stereocenters. The second-order valence-electron chi connectivity index (χ2n) is 5.11. The minimum absolute atomic E-state index is 0.326. The van der Waals surface area contributed by atoms with Crippen LogP contribution in [0.5, 0.6) is 0 Å². The molecule has 1 aromatic carbocycles. The summed E-state index contributed by atoms with van der Waals surface area (Å²) in [5, 5.41) is 12.7. The predicted octanol–water partition coefficient (Wildman–Crippen LogP) is 2.46. The fraction of sp³-hybridized carbons (Fsp3) is 0.533. The van der Waals surface area contributed by atoms with Crippen molar-refractivity contribution < 1.29 is 9.90 Å². The second-order valence-corrected chi connectivity index (χ2v) is 5.11. The summed E-state index contributed by atoms with van der Waals surface area (Å²) in [7, 11) is 0. The van der Waals surface area contributed by atoms with Gasteiger partial charge in [-0.25, -0.2) is 0 Å². The molecule has 0 amide bonds. The van der Waals surface area contributed by atoms with E-state index in [-0.39, 0.29) is 5.92 Å². The number of carbonyl (C=O) groups is 1. The van der Waals surface area contributed by atoms with Gasteiger partial charge in [-0.3, -0.25) is 4.79 Å². The molecule has 0 aliphatic heterocycles. The van der Waals surface area contributed by atoms with Crippen LogP contribution in [-0.4, -0.2) is 23.7 Å². The van der Waals surface area contributed by atoms with E-state index in [4.69, 9.17) is 0 Å². The van der Waals surface area contributed by atoms with Gasteiger partial charge in [-0.2, -0.15) is 0 Å². The number of benzene rings is 1. The minimum atomic E-state index is -0.704. The summed E-state index contributed by atoms with van der Waals surface area (Å²) in [6.45, 7) is 0.578. The first-order chi connectivity index (χ1) is 8.75. The third kappa shape index (κ3) is 3.84. The first-order valence-corrected chi connectivity index (χ1v) is 6.76. The topological polar surface area (TPSA) is 49.3 Å². The highest BCUT2D eigenvalue weighted by Gasteiger charge is 2.21. The van der Waals surface area contributed by atoms with Crippen molar-refractivity contribution in [2.75, 3.05) is 6.54 Å². The zero-order valence-corrected chi connectivity index (χ0v) is 10.6. The van der Waals surface area contributed by atoms with Gasteiger partial charge in [0.1, 0.15) is 0 Å². The molecule has 0 radical (unpaired) electrons. The zero-order valence-electron chi connectivity index (χ0n) is 10.6. The lowest BCUT2D eigenvalue weighted by atomic mass is 9.99. The van der Waals surface area contributed by atoms with Crippen LogP contribution in [-0.2, 0) is 11.2 Å². The van der Waals surface area contributed by atoms with Gasteiger partial charge < -0.3 is 10.4 Å². The Bertz CT molecular complexity index is 371. The van der Waals surface area contributed by atoms with Gasteiger partial charge in [-0.15, -0.1) is 0 Å². The number of carboxylic acid groups (broad SMARTS) is 1. The monoisotopic (exact) mass is 247 g/mol. The third-order valence-electron chi connectivity index (χ3n) is 3.68. The summed E-state index contributed by atoms with van der Waals surface area (Å²) in [5.41, 5.74) is 1.10. The van der Waals surface area contributed by atoms with E-state index in [1.807, 2.05) is 30.3 Å². The summed E-state index contributed by atoms with van der Waals surface area (Å²) >= 11 is 0. The zero-order chi connectivity index (χ0) is 12.8. The average molecular weight is 247 g/mol. The van der Waals surface area contributed by atoms with Crippen molar-refractivity contribution in [1.82, 2.24) is 5.32 Å². The standard InChI is InChI=1S/C15H21NO2/c17-15(18)13(10-12-6-2-1-3-7-12)11-16-14-8-4-5-9-14/h1-3,6-7,13-14,16H,4-5,8-11H2,(H,17,18). The number of hydrogen-bond donors (Lipinski definition) is 2. The van der Waals surface area contributed by atoms with Crippen LogP contribution < -0.4 is 5.32 Å². The molecule has 0 saturated heterocycles. The van der Waals surface area contributed by atoms with E-state index in [2.05, 4.69) is 5.32 Å². The third-order valence-corrected chi connectivity index (χ3v) is 3.68. The number of nitrogens with one attached hydrogen (secondary N) is 1. The Kier molecular flexibility index (Phi) is 4.76. The smallest absolute Gasteiger partial charge is 0.308 e. The van der Waals surface area contributed by atoms with Crippen molar-refractivity contribution in [1.29, 1.82) is 0 Å². The van der Waals surface area contributed by atoms with Crippen LogP contribution in [0.15, 0.2) is 30.3 Å². The van der Waals surface area contributed by atoms with Gasteiger partial charge in [-0.05, 0) is 24.8 Å². The Morgan fingerprint density at radius 2 is 1.94 bits per heavy atom. The van der Waals surface area contributed by atoms with E-state index in [1.54, 1.807) is 0 Å². The van der Waals surface area contributed by atoms with E-state index < -0.39 is 5.97 Å². The van der Waals surface area contributed by atoms with E-state index in [1.165, 1.54) is 25.7 Å². The average Bonchev–Trinajstić information content (AvgIpc) is 2.88. The summed E-state index contributed by atoms with van der Waals surface area (Å²) in [4.78, 5) is 11.3.